The maximum Gasteiger partial charge on any atom is 0.323 e. The molecule has 0 aliphatic heterocycles. The van der Waals surface area contributed by atoms with Crippen molar-refractivity contribution in [3.8, 4) is 5.75 Å². The van der Waals surface area contributed by atoms with Crippen LogP contribution in [0.15, 0.2) is 60.7 Å². The second-order valence-electron chi connectivity index (χ2n) is 6.57. The molecule has 0 aromatic heterocycles. The second kappa shape index (κ2) is 10.2. The van der Waals surface area contributed by atoms with E-state index < -0.39 is 16.9 Å². The molecular weight excluding hydrogens is 360 g/mol. The molecule has 0 bridgehead atoms. The molecule has 0 saturated carbocycles. The maximum absolute atomic E-state index is 12.5. The minimum absolute atomic E-state index is 0.0767. The molecule has 0 fully saturated rings. The number of esters is 1. The van der Waals surface area contributed by atoms with Crippen LogP contribution in [0.25, 0.3) is 0 Å². The van der Waals surface area contributed by atoms with Crippen LogP contribution in [0.5, 0.6) is 5.75 Å². The summed E-state index contributed by atoms with van der Waals surface area (Å²) in [6, 6.07) is 12.6. The zero-order valence-corrected chi connectivity index (χ0v) is 15.8. The smallest absolute Gasteiger partial charge is 0.323 e. The Morgan fingerprint density at radius 2 is 2.00 bits per heavy atom. The number of nitrogens with one attached hydrogen (secondary N) is 1. The van der Waals surface area contributed by atoms with Crippen LogP contribution in [-0.2, 0) is 22.5 Å². The highest BCUT2D eigenvalue weighted by Gasteiger charge is 2.21. The van der Waals surface area contributed by atoms with Gasteiger partial charge in [0, 0.05) is 30.7 Å². The van der Waals surface area contributed by atoms with E-state index in [1.165, 1.54) is 18.2 Å². The van der Waals surface area contributed by atoms with Gasteiger partial charge in [-0.1, -0.05) is 35.9 Å². The molecule has 0 unspecified atom stereocenters. The van der Waals surface area contributed by atoms with Gasteiger partial charge in [0.1, 0.15) is 11.8 Å². The number of ether oxygens (including phenoxy) is 1. The van der Waals surface area contributed by atoms with E-state index in [1.807, 2.05) is 37.3 Å². The van der Waals surface area contributed by atoms with E-state index in [-0.39, 0.29) is 24.6 Å². The van der Waals surface area contributed by atoms with Crippen molar-refractivity contribution in [3.05, 3.63) is 81.9 Å². The zero-order valence-electron chi connectivity index (χ0n) is 15.8. The van der Waals surface area contributed by atoms with E-state index in [0.717, 1.165) is 11.1 Å². The second-order valence-corrected chi connectivity index (χ2v) is 6.57. The van der Waals surface area contributed by atoms with Crippen LogP contribution in [0.2, 0.25) is 0 Å². The molecule has 2 aromatic carbocycles. The van der Waals surface area contributed by atoms with Gasteiger partial charge in [-0.05, 0) is 25.0 Å². The number of nitrogens with zero attached hydrogens (tertiary/aromatic N) is 1. The number of non-ortho nitro benzene ring substituents is 1. The summed E-state index contributed by atoms with van der Waals surface area (Å²) >= 11 is 0. The Hall–Kier alpha value is -3.19. The van der Waals surface area contributed by atoms with Crippen LogP contribution in [0.1, 0.15) is 24.5 Å². The number of carbonyl (C=O) groups excluding carboxylic acids is 1. The van der Waals surface area contributed by atoms with E-state index in [9.17, 15) is 20.0 Å². The molecule has 0 saturated heterocycles. The molecule has 148 valence electrons. The quantitative estimate of drug-likeness (QED) is 0.281. The molecule has 2 aromatic rings. The molecular formula is C21H24N2O5. The summed E-state index contributed by atoms with van der Waals surface area (Å²) in [5.41, 5.74) is 2.07. The van der Waals surface area contributed by atoms with Crippen molar-refractivity contribution >= 4 is 11.7 Å². The number of rotatable bonds is 10. The molecule has 28 heavy (non-hydrogen) atoms. The molecule has 0 radical (unpaired) electrons. The average molecular weight is 384 g/mol. The van der Waals surface area contributed by atoms with Crippen LogP contribution in [-0.4, -0.2) is 28.6 Å². The van der Waals surface area contributed by atoms with Gasteiger partial charge in [-0.2, -0.15) is 0 Å². The van der Waals surface area contributed by atoms with E-state index in [2.05, 4.69) is 11.9 Å². The number of carbonyl (C=O) groups is 1. The first-order valence-corrected chi connectivity index (χ1v) is 8.91. The van der Waals surface area contributed by atoms with Gasteiger partial charge in [0.15, 0.2) is 0 Å². The predicted octanol–water partition coefficient (Wildman–Crippen LogP) is 3.51. The lowest BCUT2D eigenvalue weighted by atomic mass is 10.1. The Bertz CT molecular complexity index is 836. The third-order valence-electron chi connectivity index (χ3n) is 4.15. The Balaban J connectivity index is 2.10. The maximum atomic E-state index is 12.5. The van der Waals surface area contributed by atoms with Crippen molar-refractivity contribution in [1.29, 1.82) is 0 Å². The van der Waals surface area contributed by atoms with Crippen molar-refractivity contribution in [2.45, 2.75) is 32.4 Å². The first-order valence-electron chi connectivity index (χ1n) is 8.91. The number of aromatic hydroxyl groups is 1. The topological polar surface area (TPSA) is 102 Å². The van der Waals surface area contributed by atoms with Crippen molar-refractivity contribution in [2.24, 2.45) is 0 Å². The van der Waals surface area contributed by atoms with Crippen LogP contribution >= 0.6 is 0 Å². The minimum Gasteiger partial charge on any atom is -0.508 e. The summed E-state index contributed by atoms with van der Waals surface area (Å²) in [6.07, 6.45) is 0.970. The van der Waals surface area contributed by atoms with Gasteiger partial charge in [0.25, 0.3) is 5.69 Å². The lowest BCUT2D eigenvalue weighted by molar-refractivity contribution is -0.384. The molecule has 2 rings (SSSR count). The number of phenolic OH excluding ortho intramolecular Hbond substituents is 1. The SMILES string of the molecule is C=C(C)CCOC(=O)[C@H](Cc1ccccc1)NCc1cc([N+](=O)[O-])ccc1O. The van der Waals surface area contributed by atoms with Crippen molar-refractivity contribution in [2.75, 3.05) is 6.61 Å². The Labute approximate surface area is 163 Å². The van der Waals surface area contributed by atoms with Crippen molar-refractivity contribution < 1.29 is 19.6 Å². The normalized spacial score (nSPS) is 11.6. The summed E-state index contributed by atoms with van der Waals surface area (Å²) in [7, 11) is 0. The number of hydrogen-bond acceptors (Lipinski definition) is 6. The van der Waals surface area contributed by atoms with E-state index in [0.29, 0.717) is 18.4 Å². The summed E-state index contributed by atoms with van der Waals surface area (Å²) in [5.74, 6) is -0.498. The number of hydrogen-bond donors (Lipinski definition) is 2. The minimum atomic E-state index is -0.661. The first kappa shape index (κ1) is 21.1. The summed E-state index contributed by atoms with van der Waals surface area (Å²) in [5, 5.41) is 24.0. The molecule has 0 heterocycles. The molecule has 7 heteroatoms. The van der Waals surface area contributed by atoms with Crippen LogP contribution in [0, 0.1) is 10.1 Å². The lowest BCUT2D eigenvalue weighted by Crippen LogP contribution is -2.39. The van der Waals surface area contributed by atoms with Gasteiger partial charge in [0.2, 0.25) is 0 Å². The highest BCUT2D eigenvalue weighted by Crippen LogP contribution is 2.23. The fourth-order valence-electron chi connectivity index (χ4n) is 2.58. The first-order chi connectivity index (χ1) is 13.4. The van der Waals surface area contributed by atoms with Crippen LogP contribution in [0.4, 0.5) is 5.69 Å². The monoisotopic (exact) mass is 384 g/mol. The van der Waals surface area contributed by atoms with Gasteiger partial charge >= 0.3 is 5.97 Å². The van der Waals surface area contributed by atoms with Crippen molar-refractivity contribution in [3.63, 3.8) is 0 Å². The Morgan fingerprint density at radius 3 is 2.64 bits per heavy atom. The third kappa shape index (κ3) is 6.51. The van der Waals surface area contributed by atoms with Gasteiger partial charge in [-0.3, -0.25) is 20.2 Å². The standard InChI is InChI=1S/C21H24N2O5/c1-15(2)10-11-28-21(25)19(12-16-6-4-3-5-7-16)22-14-17-13-18(23(26)27)8-9-20(17)24/h3-9,13,19,22,24H,1,10-12,14H2,2H3/t19-/m0/s1. The number of benzene rings is 2. The number of nitro benzene ring substituents is 1. The van der Waals surface area contributed by atoms with E-state index in [4.69, 9.17) is 4.74 Å². The summed E-state index contributed by atoms with van der Waals surface area (Å²) in [4.78, 5) is 22.9. The number of phenols is 1. The summed E-state index contributed by atoms with van der Waals surface area (Å²) < 4.78 is 5.33. The van der Waals surface area contributed by atoms with Crippen molar-refractivity contribution in [1.82, 2.24) is 5.32 Å². The fraction of sp³-hybridized carbons (Fsp3) is 0.286. The largest absolute Gasteiger partial charge is 0.508 e. The average Bonchev–Trinajstić information content (AvgIpc) is 2.66. The lowest BCUT2D eigenvalue weighted by Gasteiger charge is -2.18. The number of nitro groups is 1. The van der Waals surface area contributed by atoms with Gasteiger partial charge in [0.05, 0.1) is 11.5 Å². The van der Waals surface area contributed by atoms with Gasteiger partial charge in [-0.15, -0.1) is 6.58 Å². The molecule has 2 N–H and O–H groups in total. The van der Waals surface area contributed by atoms with E-state index >= 15 is 0 Å². The van der Waals surface area contributed by atoms with Crippen LogP contribution in [0.3, 0.4) is 0 Å². The third-order valence-corrected chi connectivity index (χ3v) is 4.15. The molecule has 0 spiro atoms. The molecule has 7 nitrogen and oxygen atoms in total. The Morgan fingerprint density at radius 1 is 1.29 bits per heavy atom. The highest BCUT2D eigenvalue weighted by atomic mass is 16.6. The predicted molar refractivity (Wildman–Crippen MR) is 106 cm³/mol. The van der Waals surface area contributed by atoms with E-state index in [1.54, 1.807) is 0 Å². The molecule has 0 aliphatic carbocycles. The van der Waals surface area contributed by atoms with Crippen LogP contribution < -0.4 is 5.32 Å². The van der Waals surface area contributed by atoms with Gasteiger partial charge in [-0.25, -0.2) is 0 Å². The Kier molecular flexibility index (Phi) is 7.71. The van der Waals surface area contributed by atoms with Gasteiger partial charge < -0.3 is 9.84 Å². The molecule has 0 aliphatic rings. The summed E-state index contributed by atoms with van der Waals surface area (Å²) in [6.45, 7) is 5.97. The highest BCUT2D eigenvalue weighted by molar-refractivity contribution is 5.76. The fourth-order valence-corrected chi connectivity index (χ4v) is 2.58. The molecule has 0 amide bonds. The zero-order chi connectivity index (χ0) is 20.5. The molecule has 1 atom stereocenters.